The molecule has 0 saturated heterocycles. The zero-order valence-electron chi connectivity index (χ0n) is 22.5. The standard InChI is InChI=1S/C27H28ClFN2O5.C2H6/c1-27(2,3)18-13-21(16-5-7-20(29)19(28)11-16)31-22(14-18)23(33)15-30-26(34)17-6-8-24(36-10-9-32)25(12-17)35-4;1-2/h5-8,11-14,32H,9-10,15H2,1-4H3,(H,30,34);1-2H3. The van der Waals surface area contributed by atoms with Gasteiger partial charge in [-0.3, -0.25) is 9.59 Å². The first-order chi connectivity index (χ1) is 18.0. The van der Waals surface area contributed by atoms with Crippen LogP contribution in [0, 0.1) is 5.82 Å². The van der Waals surface area contributed by atoms with Crippen LogP contribution in [0.25, 0.3) is 11.3 Å². The van der Waals surface area contributed by atoms with Crippen molar-refractivity contribution in [3.8, 4) is 22.8 Å². The van der Waals surface area contributed by atoms with Gasteiger partial charge in [0, 0.05) is 11.1 Å². The number of ketones is 1. The summed E-state index contributed by atoms with van der Waals surface area (Å²) in [5, 5.41) is 11.5. The number of nitrogens with zero attached hydrogens (tertiary/aromatic N) is 1. The van der Waals surface area contributed by atoms with Crippen molar-refractivity contribution in [3.05, 3.63) is 76.2 Å². The number of ether oxygens (including phenoxy) is 2. The van der Waals surface area contributed by atoms with Gasteiger partial charge in [0.2, 0.25) is 0 Å². The van der Waals surface area contributed by atoms with Crippen molar-refractivity contribution in [2.45, 2.75) is 40.0 Å². The van der Waals surface area contributed by atoms with Crippen LogP contribution in [0.15, 0.2) is 48.5 Å². The number of nitrogens with one attached hydrogen (secondary N) is 1. The van der Waals surface area contributed by atoms with Crippen LogP contribution in [-0.4, -0.2) is 48.6 Å². The molecule has 0 unspecified atom stereocenters. The highest BCUT2D eigenvalue weighted by Gasteiger charge is 2.20. The summed E-state index contributed by atoms with van der Waals surface area (Å²) in [6.45, 7) is 9.65. The Morgan fingerprint density at radius 1 is 1.05 bits per heavy atom. The molecule has 2 N–H and O–H groups in total. The number of Topliss-reactive ketones (excluding diaryl/α,β-unsaturated/α-hetero) is 1. The molecule has 204 valence electrons. The number of methoxy groups -OCH3 is 1. The molecule has 0 aliphatic rings. The zero-order chi connectivity index (χ0) is 28.5. The van der Waals surface area contributed by atoms with Crippen LogP contribution in [0.2, 0.25) is 5.02 Å². The SMILES string of the molecule is CC.COc1cc(C(=O)NCC(=O)c2cc(C(C)(C)C)cc(-c3ccc(F)c(Cl)c3)n2)ccc1OCCO. The van der Waals surface area contributed by atoms with Crippen molar-refractivity contribution in [1.82, 2.24) is 10.3 Å². The molecule has 1 amide bonds. The van der Waals surface area contributed by atoms with Gasteiger partial charge in [0.25, 0.3) is 5.91 Å². The zero-order valence-corrected chi connectivity index (χ0v) is 23.3. The molecule has 7 nitrogen and oxygen atoms in total. The third-order valence-electron chi connectivity index (χ3n) is 5.38. The quantitative estimate of drug-likeness (QED) is 0.328. The maximum atomic E-state index is 13.7. The Morgan fingerprint density at radius 3 is 2.37 bits per heavy atom. The van der Waals surface area contributed by atoms with E-state index < -0.39 is 17.5 Å². The van der Waals surface area contributed by atoms with Crippen molar-refractivity contribution < 1.29 is 28.6 Å². The van der Waals surface area contributed by atoms with Gasteiger partial charge in [-0.05, 0) is 59.5 Å². The van der Waals surface area contributed by atoms with Crippen LogP contribution in [0.4, 0.5) is 4.39 Å². The molecule has 0 aliphatic carbocycles. The van der Waals surface area contributed by atoms with E-state index in [1.54, 1.807) is 18.2 Å². The number of aromatic nitrogens is 1. The largest absolute Gasteiger partial charge is 0.493 e. The summed E-state index contributed by atoms with van der Waals surface area (Å²) in [6.07, 6.45) is 0. The van der Waals surface area contributed by atoms with Gasteiger partial charge in [-0.25, -0.2) is 9.37 Å². The summed E-state index contributed by atoms with van der Waals surface area (Å²) in [6, 6.07) is 12.4. The van der Waals surface area contributed by atoms with Crippen LogP contribution in [-0.2, 0) is 5.41 Å². The Kier molecular flexibility index (Phi) is 11.2. The van der Waals surface area contributed by atoms with E-state index >= 15 is 0 Å². The molecule has 2 aromatic carbocycles. The number of carbonyl (C=O) groups is 2. The van der Waals surface area contributed by atoms with Crippen molar-refractivity contribution in [2.75, 3.05) is 26.9 Å². The Hall–Kier alpha value is -3.49. The van der Waals surface area contributed by atoms with E-state index in [0.717, 1.165) is 5.56 Å². The highest BCUT2D eigenvalue weighted by molar-refractivity contribution is 6.31. The van der Waals surface area contributed by atoms with Crippen molar-refractivity contribution >= 4 is 23.3 Å². The van der Waals surface area contributed by atoms with E-state index in [4.69, 9.17) is 26.2 Å². The molecule has 38 heavy (non-hydrogen) atoms. The fraction of sp³-hybridized carbons (Fsp3) is 0.345. The molecule has 0 fully saturated rings. The predicted octanol–water partition coefficient (Wildman–Crippen LogP) is 5.86. The lowest BCUT2D eigenvalue weighted by molar-refractivity contribution is 0.0902. The van der Waals surface area contributed by atoms with Crippen LogP contribution in [0.3, 0.4) is 0 Å². The highest BCUT2D eigenvalue weighted by Crippen LogP contribution is 2.30. The van der Waals surface area contributed by atoms with E-state index in [1.807, 2.05) is 40.7 Å². The first-order valence-corrected chi connectivity index (χ1v) is 12.6. The molecule has 0 bridgehead atoms. The number of hydrogen-bond acceptors (Lipinski definition) is 6. The average molecular weight is 545 g/mol. The molecule has 0 radical (unpaired) electrons. The summed E-state index contributed by atoms with van der Waals surface area (Å²) in [4.78, 5) is 30.2. The van der Waals surface area contributed by atoms with Gasteiger partial charge in [0.05, 0.1) is 31.0 Å². The van der Waals surface area contributed by atoms with Gasteiger partial charge in [0.15, 0.2) is 17.3 Å². The smallest absolute Gasteiger partial charge is 0.251 e. The van der Waals surface area contributed by atoms with Crippen LogP contribution in [0.1, 0.15) is 61.0 Å². The highest BCUT2D eigenvalue weighted by atomic mass is 35.5. The van der Waals surface area contributed by atoms with E-state index in [2.05, 4.69) is 10.3 Å². The first-order valence-electron chi connectivity index (χ1n) is 12.2. The summed E-state index contributed by atoms with van der Waals surface area (Å²) >= 11 is 5.95. The Morgan fingerprint density at radius 2 is 1.76 bits per heavy atom. The summed E-state index contributed by atoms with van der Waals surface area (Å²) < 4.78 is 24.3. The number of rotatable bonds is 9. The number of aliphatic hydroxyl groups excluding tert-OH is 1. The lowest BCUT2D eigenvalue weighted by atomic mass is 9.86. The second-order valence-electron chi connectivity index (χ2n) is 9.05. The van der Waals surface area contributed by atoms with E-state index in [1.165, 1.54) is 31.4 Å². The average Bonchev–Trinajstić information content (AvgIpc) is 2.92. The van der Waals surface area contributed by atoms with E-state index in [0.29, 0.717) is 22.8 Å². The number of hydrogen-bond donors (Lipinski definition) is 2. The molecule has 0 saturated carbocycles. The fourth-order valence-corrected chi connectivity index (χ4v) is 3.53. The third-order valence-corrected chi connectivity index (χ3v) is 5.67. The Balaban J connectivity index is 0.00000247. The molecule has 0 atom stereocenters. The first kappa shape index (κ1) is 30.7. The number of pyridine rings is 1. The normalized spacial score (nSPS) is 10.8. The fourth-order valence-electron chi connectivity index (χ4n) is 3.35. The van der Waals surface area contributed by atoms with Gasteiger partial charge < -0.3 is 19.9 Å². The van der Waals surface area contributed by atoms with Crippen LogP contribution in [0.5, 0.6) is 11.5 Å². The van der Waals surface area contributed by atoms with E-state index in [9.17, 15) is 14.0 Å². The molecule has 0 aliphatic heterocycles. The maximum Gasteiger partial charge on any atom is 0.251 e. The Labute approximate surface area is 228 Å². The maximum absolute atomic E-state index is 13.7. The number of amides is 1. The van der Waals surface area contributed by atoms with Gasteiger partial charge in [-0.1, -0.05) is 46.2 Å². The minimum absolute atomic E-state index is 0.0428. The van der Waals surface area contributed by atoms with Crippen molar-refractivity contribution in [3.63, 3.8) is 0 Å². The van der Waals surface area contributed by atoms with Gasteiger partial charge >= 0.3 is 0 Å². The molecule has 1 aromatic heterocycles. The van der Waals surface area contributed by atoms with Gasteiger partial charge in [-0.15, -0.1) is 0 Å². The number of halogens is 2. The lowest BCUT2D eigenvalue weighted by Crippen LogP contribution is -2.30. The van der Waals surface area contributed by atoms with Crippen LogP contribution < -0.4 is 14.8 Å². The summed E-state index contributed by atoms with van der Waals surface area (Å²) in [5.41, 5.74) is 2.04. The monoisotopic (exact) mass is 544 g/mol. The number of benzene rings is 2. The Bertz CT molecular complexity index is 1270. The van der Waals surface area contributed by atoms with Crippen molar-refractivity contribution in [1.29, 1.82) is 0 Å². The van der Waals surface area contributed by atoms with E-state index in [-0.39, 0.29) is 41.5 Å². The second-order valence-corrected chi connectivity index (χ2v) is 9.46. The molecule has 0 spiro atoms. The molecular formula is C29H34ClFN2O5. The predicted molar refractivity (Wildman–Crippen MR) is 147 cm³/mol. The van der Waals surface area contributed by atoms with Crippen molar-refractivity contribution in [2.24, 2.45) is 0 Å². The van der Waals surface area contributed by atoms with Gasteiger partial charge in [-0.2, -0.15) is 0 Å². The molecule has 3 rings (SSSR count). The summed E-state index contributed by atoms with van der Waals surface area (Å²) in [5.74, 6) is -0.706. The molecular weight excluding hydrogens is 511 g/mol. The molecule has 1 heterocycles. The number of aliphatic hydroxyl groups is 1. The van der Waals surface area contributed by atoms with Crippen LogP contribution >= 0.6 is 11.6 Å². The minimum atomic E-state index is -0.545. The third kappa shape index (κ3) is 8.00. The minimum Gasteiger partial charge on any atom is -0.493 e. The van der Waals surface area contributed by atoms with Gasteiger partial charge in [0.1, 0.15) is 18.1 Å². The second kappa shape index (κ2) is 13.9. The molecule has 3 aromatic rings. The number of carbonyl (C=O) groups excluding carboxylic acids is 2. The summed E-state index contributed by atoms with van der Waals surface area (Å²) in [7, 11) is 1.44. The molecule has 9 heteroatoms. The lowest BCUT2D eigenvalue weighted by Gasteiger charge is -2.21. The topological polar surface area (TPSA) is 97.8 Å².